The number of benzene rings is 3. The number of non-ortho nitro benzene ring substituents is 1. The Bertz CT molecular complexity index is 1240. The maximum absolute atomic E-state index is 13.1. The Hall–Kier alpha value is -4.53. The number of hydrazone groups is 1. The van der Waals surface area contributed by atoms with Crippen LogP contribution in [0.5, 0.6) is 11.5 Å². The molecule has 3 aromatic rings. The number of rotatable bonds is 8. The summed E-state index contributed by atoms with van der Waals surface area (Å²) in [6.07, 6.45) is 1.13. The summed E-state index contributed by atoms with van der Waals surface area (Å²) in [4.78, 5) is 34.6. The van der Waals surface area contributed by atoms with Crippen molar-refractivity contribution in [2.24, 2.45) is 5.10 Å². The zero-order chi connectivity index (χ0) is 24.1. The molecule has 172 valence electrons. The molecule has 9 nitrogen and oxygen atoms in total. The molecular weight excluding hydrogens is 438 g/mol. The van der Waals surface area contributed by atoms with Crippen LogP contribution in [0.4, 0.5) is 5.69 Å². The van der Waals surface area contributed by atoms with Gasteiger partial charge in [0, 0.05) is 24.1 Å². The highest BCUT2D eigenvalue weighted by molar-refractivity contribution is 6.03. The summed E-state index contributed by atoms with van der Waals surface area (Å²) in [5, 5.41) is 16.9. The van der Waals surface area contributed by atoms with E-state index in [-0.39, 0.29) is 24.2 Å². The molecule has 1 aliphatic heterocycles. The Morgan fingerprint density at radius 2 is 1.85 bits per heavy atom. The van der Waals surface area contributed by atoms with E-state index in [4.69, 9.17) is 9.47 Å². The predicted molar refractivity (Wildman–Crippen MR) is 124 cm³/mol. The molecule has 1 unspecified atom stereocenters. The third-order valence-corrected chi connectivity index (χ3v) is 5.43. The maximum atomic E-state index is 13.1. The smallest absolute Gasteiger partial charge is 0.281 e. The van der Waals surface area contributed by atoms with Gasteiger partial charge in [-0.3, -0.25) is 19.7 Å². The topological polar surface area (TPSA) is 111 Å². The van der Waals surface area contributed by atoms with Gasteiger partial charge >= 0.3 is 0 Å². The lowest BCUT2D eigenvalue weighted by Crippen LogP contribution is -2.31. The van der Waals surface area contributed by atoms with Crippen molar-refractivity contribution in [2.45, 2.75) is 12.5 Å². The fraction of sp³-hybridized carbons (Fsp3) is 0.160. The largest absolute Gasteiger partial charge is 0.497 e. The Morgan fingerprint density at radius 1 is 1.12 bits per heavy atom. The molecule has 0 saturated carbocycles. The van der Waals surface area contributed by atoms with Crippen LogP contribution in [-0.2, 0) is 4.79 Å². The van der Waals surface area contributed by atoms with Gasteiger partial charge < -0.3 is 9.47 Å². The summed E-state index contributed by atoms with van der Waals surface area (Å²) < 4.78 is 10.8. The lowest BCUT2D eigenvalue weighted by molar-refractivity contribution is -0.384. The first-order valence-electron chi connectivity index (χ1n) is 10.4. The molecule has 9 heteroatoms. The molecule has 4 rings (SSSR count). The molecule has 3 aromatic carbocycles. The van der Waals surface area contributed by atoms with Gasteiger partial charge in [0.15, 0.2) is 6.61 Å². The van der Waals surface area contributed by atoms with Crippen molar-refractivity contribution >= 4 is 23.6 Å². The van der Waals surface area contributed by atoms with Gasteiger partial charge in [-0.2, -0.15) is 5.10 Å². The number of amides is 1. The summed E-state index contributed by atoms with van der Waals surface area (Å²) in [6, 6.07) is 19.6. The summed E-state index contributed by atoms with van der Waals surface area (Å²) in [5.74, 6) is 0.724. The molecule has 1 amide bonds. The van der Waals surface area contributed by atoms with Crippen molar-refractivity contribution in [1.82, 2.24) is 5.01 Å². The number of carbonyl (C=O) groups excluding carboxylic acids is 2. The van der Waals surface area contributed by atoms with Gasteiger partial charge in [-0.05, 0) is 47.5 Å². The molecule has 0 aliphatic carbocycles. The number of methoxy groups -OCH3 is 1. The first-order valence-corrected chi connectivity index (χ1v) is 10.4. The second-order valence-corrected chi connectivity index (χ2v) is 7.56. The zero-order valence-electron chi connectivity index (χ0n) is 18.3. The third kappa shape index (κ3) is 4.93. The summed E-state index contributed by atoms with van der Waals surface area (Å²) in [5.41, 5.74) is 2.61. The monoisotopic (exact) mass is 459 g/mol. The third-order valence-electron chi connectivity index (χ3n) is 5.43. The maximum Gasteiger partial charge on any atom is 0.281 e. The highest BCUT2D eigenvalue weighted by Gasteiger charge is 2.33. The van der Waals surface area contributed by atoms with Crippen LogP contribution in [0.2, 0.25) is 0 Å². The second kappa shape index (κ2) is 9.95. The molecule has 1 heterocycles. The highest BCUT2D eigenvalue weighted by atomic mass is 16.6. The molecule has 1 atom stereocenters. The number of nitro groups is 1. The predicted octanol–water partition coefficient (Wildman–Crippen LogP) is 4.17. The van der Waals surface area contributed by atoms with Crippen LogP contribution in [-0.4, -0.2) is 41.6 Å². The Labute approximate surface area is 195 Å². The van der Waals surface area contributed by atoms with Crippen molar-refractivity contribution in [3.8, 4) is 11.5 Å². The molecule has 0 radical (unpaired) electrons. The molecule has 1 aliphatic rings. The van der Waals surface area contributed by atoms with Crippen molar-refractivity contribution in [2.75, 3.05) is 13.7 Å². The van der Waals surface area contributed by atoms with Crippen LogP contribution >= 0.6 is 0 Å². The fourth-order valence-corrected chi connectivity index (χ4v) is 3.66. The molecule has 34 heavy (non-hydrogen) atoms. The number of nitro benzene ring substituents is 1. The van der Waals surface area contributed by atoms with Crippen LogP contribution < -0.4 is 9.47 Å². The number of ether oxygens (including phenoxy) is 2. The van der Waals surface area contributed by atoms with Gasteiger partial charge in [0.25, 0.3) is 11.6 Å². The summed E-state index contributed by atoms with van der Waals surface area (Å²) >= 11 is 0. The molecule has 0 saturated heterocycles. The van der Waals surface area contributed by atoms with Crippen LogP contribution in [0.25, 0.3) is 0 Å². The van der Waals surface area contributed by atoms with Crippen LogP contribution in [0.15, 0.2) is 77.9 Å². The van der Waals surface area contributed by atoms with E-state index in [0.717, 1.165) is 5.56 Å². The number of nitrogens with zero attached hydrogens (tertiary/aromatic N) is 3. The van der Waals surface area contributed by atoms with Gasteiger partial charge in [-0.1, -0.05) is 24.3 Å². The number of hydrogen-bond acceptors (Lipinski definition) is 7. The van der Waals surface area contributed by atoms with Gasteiger partial charge in [-0.25, -0.2) is 5.01 Å². The normalized spacial score (nSPS) is 14.9. The molecule has 0 N–H and O–H groups in total. The van der Waals surface area contributed by atoms with E-state index < -0.39 is 4.92 Å². The minimum Gasteiger partial charge on any atom is -0.497 e. The SMILES string of the molecule is COc1ccc(C2CC(c3ccc([N+](=O)[O-])cc3)=NN2C(=O)COc2cccc(C=O)c2)cc1. The van der Waals surface area contributed by atoms with Crippen molar-refractivity contribution in [3.05, 3.63) is 99.6 Å². The first-order chi connectivity index (χ1) is 16.5. The van der Waals surface area contributed by atoms with E-state index in [1.807, 2.05) is 24.3 Å². The van der Waals surface area contributed by atoms with Gasteiger partial charge in [0.2, 0.25) is 0 Å². The van der Waals surface area contributed by atoms with E-state index in [2.05, 4.69) is 5.10 Å². The minimum atomic E-state index is -0.465. The van der Waals surface area contributed by atoms with Crippen LogP contribution in [0.1, 0.15) is 33.9 Å². The van der Waals surface area contributed by atoms with Crippen LogP contribution in [0.3, 0.4) is 0 Å². The van der Waals surface area contributed by atoms with Gasteiger partial charge in [-0.15, -0.1) is 0 Å². The van der Waals surface area contributed by atoms with E-state index in [9.17, 15) is 19.7 Å². The highest BCUT2D eigenvalue weighted by Crippen LogP contribution is 2.34. The second-order valence-electron chi connectivity index (χ2n) is 7.56. The molecule has 0 bridgehead atoms. The Morgan fingerprint density at radius 3 is 2.50 bits per heavy atom. The number of carbonyl (C=O) groups is 2. The van der Waals surface area contributed by atoms with Crippen LogP contribution in [0, 0.1) is 10.1 Å². The Balaban J connectivity index is 1.58. The van der Waals surface area contributed by atoms with Crippen molar-refractivity contribution in [1.29, 1.82) is 0 Å². The fourth-order valence-electron chi connectivity index (χ4n) is 3.66. The lowest BCUT2D eigenvalue weighted by atomic mass is 9.98. The molecule has 0 aromatic heterocycles. The van der Waals surface area contributed by atoms with E-state index in [1.165, 1.54) is 17.1 Å². The molecule has 0 fully saturated rings. The minimum absolute atomic E-state index is 0.0204. The lowest BCUT2D eigenvalue weighted by Gasteiger charge is -2.22. The zero-order valence-corrected chi connectivity index (χ0v) is 18.3. The van der Waals surface area contributed by atoms with Gasteiger partial charge in [0.1, 0.15) is 17.8 Å². The van der Waals surface area contributed by atoms with Gasteiger partial charge in [0.05, 0.1) is 23.8 Å². The first kappa shape index (κ1) is 22.7. The number of hydrogen-bond donors (Lipinski definition) is 0. The van der Waals surface area contributed by atoms with E-state index in [1.54, 1.807) is 43.5 Å². The average molecular weight is 459 g/mol. The molecular formula is C25H21N3O6. The number of aldehydes is 1. The summed E-state index contributed by atoms with van der Waals surface area (Å²) in [6.45, 7) is -0.272. The quantitative estimate of drug-likeness (QED) is 0.284. The Kier molecular flexibility index (Phi) is 6.63. The van der Waals surface area contributed by atoms with E-state index in [0.29, 0.717) is 41.0 Å². The van der Waals surface area contributed by atoms with E-state index >= 15 is 0 Å². The molecule has 0 spiro atoms. The standard InChI is InChI=1S/C25H21N3O6/c1-33-21-11-7-19(8-12-21)24-14-23(18-5-9-20(10-6-18)28(31)32)26-27(24)25(30)16-34-22-4-2-3-17(13-22)15-29/h2-13,15,24H,14,16H2,1H3. The average Bonchev–Trinajstić information content (AvgIpc) is 3.33. The van der Waals surface area contributed by atoms with Crippen molar-refractivity contribution in [3.63, 3.8) is 0 Å². The van der Waals surface area contributed by atoms with Crippen molar-refractivity contribution < 1.29 is 24.0 Å². The summed E-state index contributed by atoms with van der Waals surface area (Å²) in [7, 11) is 1.58.